The van der Waals surface area contributed by atoms with E-state index in [1.165, 1.54) is 18.5 Å². The molecule has 88 valence electrons. The summed E-state index contributed by atoms with van der Waals surface area (Å²) in [6.45, 7) is -0.659. The second kappa shape index (κ2) is 4.42. The van der Waals surface area contributed by atoms with Gasteiger partial charge in [0.15, 0.2) is 0 Å². The van der Waals surface area contributed by atoms with Crippen molar-refractivity contribution in [2.24, 2.45) is 0 Å². The van der Waals surface area contributed by atoms with E-state index < -0.39 is 23.4 Å². The zero-order chi connectivity index (χ0) is 12.4. The molecule has 2 rings (SSSR count). The lowest BCUT2D eigenvalue weighted by molar-refractivity contribution is -0.491. The normalized spacial score (nSPS) is 12.6. The van der Waals surface area contributed by atoms with Crippen molar-refractivity contribution in [2.45, 2.75) is 6.10 Å². The van der Waals surface area contributed by atoms with Gasteiger partial charge in [-0.2, -0.15) is 0 Å². The quantitative estimate of drug-likeness (QED) is 0.649. The van der Waals surface area contributed by atoms with Gasteiger partial charge in [-0.25, -0.2) is 4.39 Å². The standard InChI is InChI=1S/C11H9FN2O3/c12-8-3-7-1-2-13-5-10(7)9(4-8)11(15)6-14(16)17/h1-5,11,15H,6H2. The van der Waals surface area contributed by atoms with Crippen molar-refractivity contribution >= 4 is 10.8 Å². The molecule has 1 atom stereocenters. The molecule has 0 saturated carbocycles. The van der Waals surface area contributed by atoms with Crippen molar-refractivity contribution in [1.82, 2.24) is 4.98 Å². The lowest BCUT2D eigenvalue weighted by Gasteiger charge is -2.10. The molecule has 0 fully saturated rings. The third kappa shape index (κ3) is 2.36. The van der Waals surface area contributed by atoms with E-state index in [9.17, 15) is 19.6 Å². The van der Waals surface area contributed by atoms with Crippen molar-refractivity contribution in [2.75, 3.05) is 6.54 Å². The summed E-state index contributed by atoms with van der Waals surface area (Å²) in [4.78, 5) is 13.6. The highest BCUT2D eigenvalue weighted by Gasteiger charge is 2.18. The number of rotatable bonds is 3. The van der Waals surface area contributed by atoms with E-state index >= 15 is 0 Å². The average Bonchev–Trinajstić information content (AvgIpc) is 2.26. The molecule has 1 aromatic carbocycles. The van der Waals surface area contributed by atoms with Crippen LogP contribution >= 0.6 is 0 Å². The molecule has 17 heavy (non-hydrogen) atoms. The van der Waals surface area contributed by atoms with Gasteiger partial charge in [0.2, 0.25) is 6.54 Å². The van der Waals surface area contributed by atoms with Gasteiger partial charge in [0, 0.05) is 22.7 Å². The molecular weight excluding hydrogens is 227 g/mol. The average molecular weight is 236 g/mol. The van der Waals surface area contributed by atoms with Gasteiger partial charge >= 0.3 is 0 Å². The van der Waals surface area contributed by atoms with Crippen molar-refractivity contribution < 1.29 is 14.4 Å². The van der Waals surface area contributed by atoms with Crippen molar-refractivity contribution in [3.63, 3.8) is 0 Å². The lowest BCUT2D eigenvalue weighted by Crippen LogP contribution is -2.12. The van der Waals surface area contributed by atoms with Crippen molar-refractivity contribution in [1.29, 1.82) is 0 Å². The fraction of sp³-hybridized carbons (Fsp3) is 0.182. The highest BCUT2D eigenvalue weighted by atomic mass is 19.1. The highest BCUT2D eigenvalue weighted by molar-refractivity contribution is 5.85. The first-order valence-electron chi connectivity index (χ1n) is 4.91. The Kier molecular flexibility index (Phi) is 2.97. The lowest BCUT2D eigenvalue weighted by atomic mass is 10.0. The molecule has 0 spiro atoms. The second-order valence-corrected chi connectivity index (χ2v) is 3.62. The molecule has 5 nitrogen and oxygen atoms in total. The SMILES string of the molecule is O=[N+]([O-])CC(O)c1cc(F)cc2ccncc12. The van der Waals surface area contributed by atoms with Gasteiger partial charge in [-0.3, -0.25) is 15.1 Å². The van der Waals surface area contributed by atoms with E-state index in [-0.39, 0.29) is 5.56 Å². The van der Waals surface area contributed by atoms with Crippen LogP contribution in [-0.2, 0) is 0 Å². The van der Waals surface area contributed by atoms with Gasteiger partial charge in [0.1, 0.15) is 11.9 Å². The van der Waals surface area contributed by atoms with Gasteiger partial charge in [-0.05, 0) is 29.1 Å². The molecule has 0 aliphatic rings. The van der Waals surface area contributed by atoms with E-state index in [1.54, 1.807) is 6.07 Å². The first-order valence-corrected chi connectivity index (χ1v) is 4.91. The summed E-state index contributed by atoms with van der Waals surface area (Å²) in [6, 6.07) is 3.97. The van der Waals surface area contributed by atoms with E-state index in [0.29, 0.717) is 10.8 Å². The fourth-order valence-electron chi connectivity index (χ4n) is 1.70. The van der Waals surface area contributed by atoms with Crippen molar-refractivity contribution in [3.05, 3.63) is 52.1 Å². The summed E-state index contributed by atoms with van der Waals surface area (Å²) in [7, 11) is 0. The number of aromatic nitrogens is 1. The van der Waals surface area contributed by atoms with Gasteiger partial charge in [-0.15, -0.1) is 0 Å². The summed E-state index contributed by atoms with van der Waals surface area (Å²) in [5.41, 5.74) is 0.185. The molecule has 1 aromatic heterocycles. The Labute approximate surface area is 95.7 Å². The van der Waals surface area contributed by atoms with Crippen LogP contribution in [0.25, 0.3) is 10.8 Å². The third-order valence-electron chi connectivity index (χ3n) is 2.43. The molecule has 0 aliphatic heterocycles. The van der Waals surface area contributed by atoms with Gasteiger partial charge in [-0.1, -0.05) is 0 Å². The third-order valence-corrected chi connectivity index (χ3v) is 2.43. The molecule has 6 heteroatoms. The topological polar surface area (TPSA) is 76.3 Å². The minimum atomic E-state index is -1.34. The number of halogens is 1. The number of fused-ring (bicyclic) bond motifs is 1. The molecular formula is C11H9FN2O3. The predicted octanol–water partition coefficient (Wildman–Crippen LogP) is 1.68. The van der Waals surface area contributed by atoms with Crippen LogP contribution in [0.15, 0.2) is 30.6 Å². The van der Waals surface area contributed by atoms with Crippen LogP contribution in [0.3, 0.4) is 0 Å². The highest BCUT2D eigenvalue weighted by Crippen LogP contribution is 2.25. The molecule has 0 aliphatic carbocycles. The van der Waals surface area contributed by atoms with E-state index in [2.05, 4.69) is 4.98 Å². The molecule has 1 unspecified atom stereocenters. The number of nitrogens with zero attached hydrogens (tertiary/aromatic N) is 2. The maximum absolute atomic E-state index is 13.3. The minimum absolute atomic E-state index is 0.185. The smallest absolute Gasteiger partial charge is 0.233 e. The first kappa shape index (κ1) is 11.4. The van der Waals surface area contributed by atoms with Crippen LogP contribution in [0, 0.1) is 15.9 Å². The molecule has 1 N–H and O–H groups in total. The monoisotopic (exact) mass is 236 g/mol. The van der Waals surface area contributed by atoms with Crippen LogP contribution in [0.5, 0.6) is 0 Å². The maximum atomic E-state index is 13.3. The molecule has 0 bridgehead atoms. The van der Waals surface area contributed by atoms with E-state index in [0.717, 1.165) is 6.07 Å². The zero-order valence-corrected chi connectivity index (χ0v) is 8.71. The van der Waals surface area contributed by atoms with Crippen LogP contribution < -0.4 is 0 Å². The van der Waals surface area contributed by atoms with Gasteiger partial charge < -0.3 is 5.11 Å². The summed E-state index contributed by atoms with van der Waals surface area (Å²) in [6.07, 6.45) is 1.60. The first-order chi connectivity index (χ1) is 8.08. The Balaban J connectivity index is 2.55. The van der Waals surface area contributed by atoms with Crippen LogP contribution in [-0.4, -0.2) is 21.6 Å². The zero-order valence-electron chi connectivity index (χ0n) is 8.71. The van der Waals surface area contributed by atoms with Crippen molar-refractivity contribution in [3.8, 4) is 0 Å². The van der Waals surface area contributed by atoms with Crippen LogP contribution in [0.1, 0.15) is 11.7 Å². The summed E-state index contributed by atoms with van der Waals surface area (Å²) >= 11 is 0. The Morgan fingerprint density at radius 2 is 2.29 bits per heavy atom. The predicted molar refractivity (Wildman–Crippen MR) is 58.5 cm³/mol. The molecule has 0 amide bonds. The number of nitro groups is 1. The van der Waals surface area contributed by atoms with Crippen LogP contribution in [0.4, 0.5) is 4.39 Å². The Morgan fingerprint density at radius 3 is 3.00 bits per heavy atom. The van der Waals surface area contributed by atoms with Crippen LogP contribution in [0.2, 0.25) is 0 Å². The Morgan fingerprint density at radius 1 is 1.53 bits per heavy atom. The number of aliphatic hydroxyl groups excluding tert-OH is 1. The maximum Gasteiger partial charge on any atom is 0.233 e. The summed E-state index contributed by atoms with van der Waals surface area (Å²) < 4.78 is 13.3. The summed E-state index contributed by atoms with van der Waals surface area (Å²) in [5.74, 6) is -0.541. The molecule has 2 aromatic rings. The number of pyridine rings is 1. The number of benzene rings is 1. The number of aliphatic hydroxyl groups is 1. The van der Waals surface area contributed by atoms with E-state index in [1.807, 2.05) is 0 Å². The molecule has 0 radical (unpaired) electrons. The second-order valence-electron chi connectivity index (χ2n) is 3.62. The number of hydrogen-bond acceptors (Lipinski definition) is 4. The molecule has 0 saturated heterocycles. The van der Waals surface area contributed by atoms with E-state index in [4.69, 9.17) is 0 Å². The van der Waals surface area contributed by atoms with Gasteiger partial charge in [0.25, 0.3) is 0 Å². The Hall–Kier alpha value is -2.08. The fourth-order valence-corrected chi connectivity index (χ4v) is 1.70. The van der Waals surface area contributed by atoms with Gasteiger partial charge in [0.05, 0.1) is 0 Å². The molecule has 1 heterocycles. The minimum Gasteiger partial charge on any atom is -0.381 e. The summed E-state index contributed by atoms with van der Waals surface area (Å²) in [5, 5.41) is 21.1. The number of hydrogen-bond donors (Lipinski definition) is 1. The largest absolute Gasteiger partial charge is 0.381 e. The Bertz CT molecular complexity index is 574.